The van der Waals surface area contributed by atoms with E-state index in [1.165, 1.54) is 0 Å². The second kappa shape index (κ2) is 5.44. The van der Waals surface area contributed by atoms with Crippen LogP contribution in [0.2, 0.25) is 0 Å². The first kappa shape index (κ1) is 12.2. The maximum absolute atomic E-state index is 11.9. The van der Waals surface area contributed by atoms with Crippen LogP contribution in [0.1, 0.15) is 0 Å². The molecule has 0 saturated heterocycles. The molecule has 0 atom stereocenters. The predicted octanol–water partition coefficient (Wildman–Crippen LogP) is 2.58. The highest BCUT2D eigenvalue weighted by Gasteiger charge is 2.07. The van der Waals surface area contributed by atoms with Crippen LogP contribution < -0.4 is 10.1 Å². The fourth-order valence-corrected chi connectivity index (χ4v) is 1.93. The van der Waals surface area contributed by atoms with Gasteiger partial charge in [0.15, 0.2) is 6.61 Å². The molecule has 0 bridgehead atoms. The zero-order chi connectivity index (χ0) is 13.8. The number of amides is 1. The summed E-state index contributed by atoms with van der Waals surface area (Å²) >= 11 is 0. The number of carbonyl (C=O) groups is 1. The van der Waals surface area contributed by atoms with Gasteiger partial charge >= 0.3 is 0 Å². The number of carbonyl (C=O) groups excluding carboxylic acids is 1. The molecule has 2 N–H and O–H groups in total. The first-order valence-electron chi connectivity index (χ1n) is 6.23. The number of hydrogen-bond acceptors (Lipinski definition) is 3. The van der Waals surface area contributed by atoms with Crippen LogP contribution in [0.25, 0.3) is 10.9 Å². The van der Waals surface area contributed by atoms with E-state index in [0.29, 0.717) is 5.75 Å². The summed E-state index contributed by atoms with van der Waals surface area (Å²) in [5.41, 5.74) is 1.60. The number of H-pyrrole nitrogens is 1. The third kappa shape index (κ3) is 2.61. The fraction of sp³-hybridized carbons (Fsp3) is 0.0667. The number of fused-ring (bicyclic) bond motifs is 1. The molecule has 1 aromatic heterocycles. The first-order valence-corrected chi connectivity index (χ1v) is 6.23. The molecule has 5 nitrogen and oxygen atoms in total. The molecule has 0 aliphatic heterocycles. The van der Waals surface area contributed by atoms with Crippen LogP contribution in [0, 0.1) is 0 Å². The van der Waals surface area contributed by atoms with E-state index < -0.39 is 0 Å². The normalized spacial score (nSPS) is 10.4. The molecule has 0 unspecified atom stereocenters. The summed E-state index contributed by atoms with van der Waals surface area (Å²) in [6.45, 7) is -0.0295. The molecule has 1 heterocycles. The number of ether oxygens (including phenoxy) is 1. The number of rotatable bonds is 4. The molecule has 5 heteroatoms. The van der Waals surface area contributed by atoms with E-state index in [1.807, 2.05) is 48.5 Å². The van der Waals surface area contributed by atoms with Gasteiger partial charge in [-0.3, -0.25) is 9.89 Å². The van der Waals surface area contributed by atoms with Gasteiger partial charge in [-0.1, -0.05) is 24.3 Å². The predicted molar refractivity (Wildman–Crippen MR) is 76.7 cm³/mol. The zero-order valence-corrected chi connectivity index (χ0v) is 10.7. The Hall–Kier alpha value is -2.82. The summed E-state index contributed by atoms with van der Waals surface area (Å²) in [6.07, 6.45) is 1.68. The van der Waals surface area contributed by atoms with E-state index in [0.717, 1.165) is 16.6 Å². The van der Waals surface area contributed by atoms with E-state index in [4.69, 9.17) is 4.74 Å². The molecule has 0 aliphatic carbocycles. The number of hydrogen-bond donors (Lipinski definition) is 2. The molecule has 20 heavy (non-hydrogen) atoms. The molecule has 0 radical (unpaired) electrons. The number of anilines is 1. The molecule has 0 saturated carbocycles. The van der Waals surface area contributed by atoms with Gasteiger partial charge in [-0.2, -0.15) is 5.10 Å². The average molecular weight is 267 g/mol. The maximum Gasteiger partial charge on any atom is 0.262 e. The maximum atomic E-state index is 11.9. The number of aromatic nitrogens is 2. The molecular weight excluding hydrogens is 254 g/mol. The monoisotopic (exact) mass is 267 g/mol. The van der Waals surface area contributed by atoms with E-state index in [-0.39, 0.29) is 12.5 Å². The van der Waals surface area contributed by atoms with Crippen LogP contribution in [-0.2, 0) is 4.79 Å². The number of nitrogens with zero attached hydrogens (tertiary/aromatic N) is 1. The van der Waals surface area contributed by atoms with Crippen LogP contribution in [0.4, 0.5) is 5.69 Å². The summed E-state index contributed by atoms with van der Waals surface area (Å²) in [6, 6.07) is 14.8. The topological polar surface area (TPSA) is 67.0 Å². The Bertz CT molecular complexity index is 722. The lowest BCUT2D eigenvalue weighted by Gasteiger charge is -2.08. The van der Waals surface area contributed by atoms with Gasteiger partial charge in [0.05, 0.1) is 17.4 Å². The van der Waals surface area contributed by atoms with Crippen LogP contribution >= 0.6 is 0 Å². The molecule has 100 valence electrons. The average Bonchev–Trinajstić information content (AvgIpc) is 2.96. The van der Waals surface area contributed by atoms with Crippen molar-refractivity contribution in [1.29, 1.82) is 0 Å². The van der Waals surface area contributed by atoms with Crippen molar-refractivity contribution >= 4 is 22.5 Å². The number of aromatic amines is 1. The number of nitrogens with one attached hydrogen (secondary N) is 2. The largest absolute Gasteiger partial charge is 0.484 e. The van der Waals surface area contributed by atoms with Crippen molar-refractivity contribution in [2.24, 2.45) is 0 Å². The molecule has 0 spiro atoms. The SMILES string of the molecule is O=C(COc1ccccc1)Nc1cccc2[nH]ncc12. The Balaban J connectivity index is 1.66. The van der Waals surface area contributed by atoms with Gasteiger partial charge in [0.1, 0.15) is 5.75 Å². The van der Waals surface area contributed by atoms with Crippen LogP contribution in [0.15, 0.2) is 54.7 Å². The van der Waals surface area contributed by atoms with E-state index in [9.17, 15) is 4.79 Å². The van der Waals surface area contributed by atoms with Gasteiger partial charge in [0, 0.05) is 5.39 Å². The lowest BCUT2D eigenvalue weighted by Crippen LogP contribution is -2.20. The molecule has 2 aromatic carbocycles. The summed E-state index contributed by atoms with van der Waals surface area (Å²) in [5.74, 6) is 0.465. The highest BCUT2D eigenvalue weighted by atomic mass is 16.5. The molecule has 1 amide bonds. The van der Waals surface area contributed by atoms with Crippen molar-refractivity contribution < 1.29 is 9.53 Å². The van der Waals surface area contributed by atoms with E-state index in [2.05, 4.69) is 15.5 Å². The summed E-state index contributed by atoms with van der Waals surface area (Å²) in [4.78, 5) is 11.9. The Kier molecular flexibility index (Phi) is 3.33. The zero-order valence-electron chi connectivity index (χ0n) is 10.7. The Morgan fingerprint density at radius 3 is 2.85 bits per heavy atom. The Labute approximate surface area is 115 Å². The second-order valence-corrected chi connectivity index (χ2v) is 4.29. The third-order valence-corrected chi connectivity index (χ3v) is 2.87. The van der Waals surface area contributed by atoms with Crippen molar-refractivity contribution in [1.82, 2.24) is 10.2 Å². The van der Waals surface area contributed by atoms with Gasteiger partial charge in [-0.05, 0) is 24.3 Å². The molecule has 3 aromatic rings. The minimum absolute atomic E-state index is 0.0295. The molecule has 0 aliphatic rings. The van der Waals surface area contributed by atoms with Crippen molar-refractivity contribution in [3.8, 4) is 5.75 Å². The molecule has 0 fully saturated rings. The minimum atomic E-state index is -0.206. The fourth-order valence-electron chi connectivity index (χ4n) is 1.93. The van der Waals surface area contributed by atoms with Gasteiger partial charge in [-0.15, -0.1) is 0 Å². The highest BCUT2D eigenvalue weighted by Crippen LogP contribution is 2.20. The van der Waals surface area contributed by atoms with Crippen molar-refractivity contribution in [2.45, 2.75) is 0 Å². The van der Waals surface area contributed by atoms with Crippen LogP contribution in [0.3, 0.4) is 0 Å². The number of para-hydroxylation sites is 1. The Morgan fingerprint density at radius 2 is 2.00 bits per heavy atom. The van der Waals surface area contributed by atoms with E-state index in [1.54, 1.807) is 6.20 Å². The quantitative estimate of drug-likeness (QED) is 0.763. The lowest BCUT2D eigenvalue weighted by atomic mass is 10.2. The van der Waals surface area contributed by atoms with Gasteiger partial charge in [0.25, 0.3) is 5.91 Å². The second-order valence-electron chi connectivity index (χ2n) is 4.29. The van der Waals surface area contributed by atoms with Crippen molar-refractivity contribution in [3.05, 3.63) is 54.7 Å². The Morgan fingerprint density at radius 1 is 1.15 bits per heavy atom. The summed E-state index contributed by atoms with van der Waals surface area (Å²) in [7, 11) is 0. The standard InChI is InChI=1S/C15H13N3O2/c19-15(10-20-11-5-2-1-3-6-11)17-13-7-4-8-14-12(13)9-16-18-14/h1-9H,10H2,(H,16,18)(H,17,19). The van der Waals surface area contributed by atoms with Crippen LogP contribution in [-0.4, -0.2) is 22.7 Å². The van der Waals surface area contributed by atoms with Gasteiger partial charge < -0.3 is 10.1 Å². The third-order valence-electron chi connectivity index (χ3n) is 2.87. The van der Waals surface area contributed by atoms with Crippen molar-refractivity contribution in [2.75, 3.05) is 11.9 Å². The molecule has 3 rings (SSSR count). The van der Waals surface area contributed by atoms with Gasteiger partial charge in [0.2, 0.25) is 0 Å². The van der Waals surface area contributed by atoms with Crippen LogP contribution in [0.5, 0.6) is 5.75 Å². The lowest BCUT2D eigenvalue weighted by molar-refractivity contribution is -0.118. The first-order chi connectivity index (χ1) is 9.83. The van der Waals surface area contributed by atoms with E-state index >= 15 is 0 Å². The summed E-state index contributed by atoms with van der Waals surface area (Å²) in [5, 5.41) is 10.5. The number of benzene rings is 2. The summed E-state index contributed by atoms with van der Waals surface area (Å²) < 4.78 is 5.40. The highest BCUT2D eigenvalue weighted by molar-refractivity contribution is 6.01. The van der Waals surface area contributed by atoms with Gasteiger partial charge in [-0.25, -0.2) is 0 Å². The smallest absolute Gasteiger partial charge is 0.262 e. The van der Waals surface area contributed by atoms with Crippen molar-refractivity contribution in [3.63, 3.8) is 0 Å². The molecular formula is C15H13N3O2. The minimum Gasteiger partial charge on any atom is -0.484 e.